The molecule has 0 aliphatic heterocycles. The van der Waals surface area contributed by atoms with E-state index >= 15 is 0 Å². The first-order valence-electron chi connectivity index (χ1n) is 8.66. The first-order chi connectivity index (χ1) is 15.5. The van der Waals surface area contributed by atoms with Gasteiger partial charge in [-0.05, 0) is 14.1 Å². The van der Waals surface area contributed by atoms with Crippen LogP contribution in [0.15, 0.2) is 34.1 Å². The van der Waals surface area contributed by atoms with E-state index in [1.54, 1.807) is 4.72 Å². The molecule has 2 rings (SSSR count). The van der Waals surface area contributed by atoms with E-state index < -0.39 is 68.5 Å². The summed E-state index contributed by atoms with van der Waals surface area (Å²) in [5.41, 5.74) is -1.59. The van der Waals surface area contributed by atoms with Crippen molar-refractivity contribution < 1.29 is 39.9 Å². The zero-order chi connectivity index (χ0) is 26.6. The quantitative estimate of drug-likeness (QED) is 0.396. The molecule has 0 atom stereocenters. The number of hydrogen-bond acceptors (Lipinski definition) is 9. The summed E-state index contributed by atoms with van der Waals surface area (Å²) in [6, 6.07) is 2.01. The Morgan fingerprint density at radius 2 is 1.12 bits per heavy atom. The van der Waals surface area contributed by atoms with Crippen molar-refractivity contribution in [2.75, 3.05) is 33.1 Å². The van der Waals surface area contributed by atoms with Crippen molar-refractivity contribution in [3.05, 3.63) is 61.9 Å². The molecule has 0 aliphatic carbocycles. The van der Waals surface area contributed by atoms with E-state index in [0.29, 0.717) is 12.1 Å². The van der Waals surface area contributed by atoms with E-state index in [-0.39, 0.29) is 11.8 Å². The van der Waals surface area contributed by atoms with Gasteiger partial charge in [0.05, 0.1) is 9.85 Å². The Bertz CT molecular complexity index is 1330. The molecule has 0 aromatic heterocycles. The number of halogens is 3. The van der Waals surface area contributed by atoms with Crippen molar-refractivity contribution >= 4 is 37.1 Å². The summed E-state index contributed by atoms with van der Waals surface area (Å²) in [5.74, 6) is -3.87. The lowest BCUT2D eigenvalue weighted by molar-refractivity contribution is -0.387. The van der Waals surface area contributed by atoms with Crippen molar-refractivity contribution in [2.24, 2.45) is 0 Å². The van der Waals surface area contributed by atoms with Crippen molar-refractivity contribution in [3.8, 4) is 0 Å². The van der Waals surface area contributed by atoms with Crippen LogP contribution < -0.4 is 14.3 Å². The molecule has 0 unspecified atom stereocenters. The average molecular weight is 529 g/mol. The van der Waals surface area contributed by atoms with E-state index in [9.17, 15) is 50.2 Å². The fraction of sp³-hybridized carbons (Fsp3) is 0.250. The van der Waals surface area contributed by atoms with Crippen LogP contribution >= 0.6 is 0 Å². The molecule has 188 valence electrons. The molecule has 2 N–H and O–H groups in total. The monoisotopic (exact) mass is 529 g/mol. The number of hydrogen-bond donors (Lipinski definition) is 2. The SMILES string of the molecule is CNS(=O)(=O)c1cc([N+](=O)[O-])c(F)cc1F.CNS(=O)(=O)c1cc([N+](=O)[O-])c(N(C)C)cc1F. The predicted molar refractivity (Wildman–Crippen MR) is 113 cm³/mol. The van der Waals surface area contributed by atoms with E-state index in [4.69, 9.17) is 0 Å². The second kappa shape index (κ2) is 10.7. The maximum absolute atomic E-state index is 13.7. The second-order valence-electron chi connectivity index (χ2n) is 6.33. The van der Waals surface area contributed by atoms with Gasteiger partial charge in [-0.1, -0.05) is 0 Å². The topological polar surface area (TPSA) is 182 Å². The molecular weight excluding hydrogens is 511 g/mol. The van der Waals surface area contributed by atoms with E-state index in [1.807, 2.05) is 4.72 Å². The van der Waals surface area contributed by atoms with Crippen LogP contribution in [-0.4, -0.2) is 54.9 Å². The molecule has 2 aromatic rings. The molecule has 0 aliphatic rings. The van der Waals surface area contributed by atoms with E-state index in [1.165, 1.54) is 19.0 Å². The highest BCUT2D eigenvalue weighted by molar-refractivity contribution is 7.89. The molecule has 0 radical (unpaired) electrons. The van der Waals surface area contributed by atoms with Gasteiger partial charge in [-0.2, -0.15) is 4.39 Å². The van der Waals surface area contributed by atoms with Crippen molar-refractivity contribution in [1.82, 2.24) is 9.44 Å². The molecule has 18 heteroatoms. The molecular formula is C16H18F3N5O8S2. The summed E-state index contributed by atoms with van der Waals surface area (Å²) >= 11 is 0. The third-order valence-corrected chi connectivity index (χ3v) is 6.88. The standard InChI is InChI=1S/C9H12FN3O4S.C7H6F2N2O4S/c1-11-18(16,17)9-5-8(13(14)15)7(12(2)3)4-6(9)10;1-10-16(14,15)7-3-6(11(12)13)4(8)2-5(7)9/h4-5,11H,1-3H3;2-3,10H,1H3. The molecule has 2 aromatic carbocycles. The lowest BCUT2D eigenvalue weighted by atomic mass is 10.2. The summed E-state index contributed by atoms with van der Waals surface area (Å²) < 4.78 is 88.7. The average Bonchev–Trinajstić information content (AvgIpc) is 2.73. The normalized spacial score (nSPS) is 11.4. The van der Waals surface area contributed by atoms with E-state index in [2.05, 4.69) is 0 Å². The van der Waals surface area contributed by atoms with Gasteiger partial charge in [0, 0.05) is 38.4 Å². The van der Waals surface area contributed by atoms with Crippen LogP contribution in [0.25, 0.3) is 0 Å². The summed E-state index contributed by atoms with van der Waals surface area (Å²) in [7, 11) is -3.18. The number of nitrogens with zero attached hydrogens (tertiary/aromatic N) is 3. The highest BCUT2D eigenvalue weighted by atomic mass is 32.2. The highest BCUT2D eigenvalue weighted by Crippen LogP contribution is 2.31. The Kier molecular flexibility index (Phi) is 9.04. The molecule has 0 amide bonds. The lowest BCUT2D eigenvalue weighted by Gasteiger charge is -2.14. The van der Waals surface area contributed by atoms with Crippen LogP contribution in [0.2, 0.25) is 0 Å². The van der Waals surface area contributed by atoms with Gasteiger partial charge in [0.25, 0.3) is 5.69 Å². The van der Waals surface area contributed by atoms with Gasteiger partial charge in [0.1, 0.15) is 27.1 Å². The minimum absolute atomic E-state index is 0.00690. The summed E-state index contributed by atoms with van der Waals surface area (Å²) in [6.45, 7) is 0. The third-order valence-electron chi connectivity index (χ3n) is 4.02. The first-order valence-corrected chi connectivity index (χ1v) is 11.6. The summed E-state index contributed by atoms with van der Waals surface area (Å²) in [4.78, 5) is 18.9. The molecule has 0 saturated heterocycles. The number of benzene rings is 2. The molecule has 0 saturated carbocycles. The Morgan fingerprint density at radius 3 is 1.47 bits per heavy atom. The zero-order valence-corrected chi connectivity index (χ0v) is 19.5. The van der Waals surface area contributed by atoms with Crippen LogP contribution in [0.3, 0.4) is 0 Å². The molecule has 0 heterocycles. The molecule has 0 fully saturated rings. The molecule has 13 nitrogen and oxygen atoms in total. The van der Waals surface area contributed by atoms with Crippen LogP contribution in [0, 0.1) is 37.7 Å². The van der Waals surface area contributed by atoms with Crippen LogP contribution in [0.1, 0.15) is 0 Å². The fourth-order valence-corrected chi connectivity index (χ4v) is 3.93. The summed E-state index contributed by atoms with van der Waals surface area (Å²) in [5, 5.41) is 21.2. The smallest absolute Gasteiger partial charge is 0.306 e. The predicted octanol–water partition coefficient (Wildman–Crippen LogP) is 1.49. The summed E-state index contributed by atoms with van der Waals surface area (Å²) in [6.07, 6.45) is 0. The number of nitro groups is 2. The Labute approximate surface area is 191 Å². The highest BCUT2D eigenvalue weighted by Gasteiger charge is 2.26. The molecule has 34 heavy (non-hydrogen) atoms. The maximum Gasteiger partial charge on any atom is 0.306 e. The Morgan fingerprint density at radius 1 is 0.735 bits per heavy atom. The largest absolute Gasteiger partial charge is 0.372 e. The maximum atomic E-state index is 13.7. The van der Waals surface area contributed by atoms with Crippen molar-refractivity contribution in [2.45, 2.75) is 9.79 Å². The van der Waals surface area contributed by atoms with Gasteiger partial charge in [-0.15, -0.1) is 0 Å². The minimum atomic E-state index is -4.20. The zero-order valence-electron chi connectivity index (χ0n) is 17.9. The van der Waals surface area contributed by atoms with Gasteiger partial charge in [0.15, 0.2) is 0 Å². The van der Waals surface area contributed by atoms with Crippen LogP contribution in [0.4, 0.5) is 30.2 Å². The number of rotatable bonds is 7. The Hall–Kier alpha value is -3.35. The van der Waals surface area contributed by atoms with Gasteiger partial charge >= 0.3 is 5.69 Å². The fourth-order valence-electron chi connectivity index (χ4n) is 2.33. The first kappa shape index (κ1) is 28.7. The molecule has 0 spiro atoms. The number of nitro benzene ring substituents is 2. The van der Waals surface area contributed by atoms with Gasteiger partial charge < -0.3 is 4.90 Å². The third kappa shape index (κ3) is 6.37. The molecule has 0 bridgehead atoms. The second-order valence-corrected chi connectivity index (χ2v) is 10.0. The van der Waals surface area contributed by atoms with Crippen LogP contribution in [0.5, 0.6) is 0 Å². The van der Waals surface area contributed by atoms with Crippen molar-refractivity contribution in [3.63, 3.8) is 0 Å². The van der Waals surface area contributed by atoms with Gasteiger partial charge in [0.2, 0.25) is 25.9 Å². The number of nitrogens with one attached hydrogen (secondary N) is 2. The number of sulfonamides is 2. The minimum Gasteiger partial charge on any atom is -0.372 e. The number of anilines is 1. The van der Waals surface area contributed by atoms with Gasteiger partial charge in [-0.3, -0.25) is 20.2 Å². The van der Waals surface area contributed by atoms with E-state index in [0.717, 1.165) is 20.2 Å². The van der Waals surface area contributed by atoms with Crippen molar-refractivity contribution in [1.29, 1.82) is 0 Å². The van der Waals surface area contributed by atoms with Gasteiger partial charge in [-0.25, -0.2) is 35.1 Å². The lowest BCUT2D eigenvalue weighted by Crippen LogP contribution is -2.21. The Balaban J connectivity index is 0.000000342. The van der Waals surface area contributed by atoms with Crippen LogP contribution in [-0.2, 0) is 20.0 Å².